The summed E-state index contributed by atoms with van der Waals surface area (Å²) in [5.41, 5.74) is 1.31. The number of hydrogen-bond donors (Lipinski definition) is 1. The molecule has 3 aromatic carbocycles. The minimum atomic E-state index is -1.32. The third kappa shape index (κ3) is 5.06. The van der Waals surface area contributed by atoms with Crippen LogP contribution in [0.5, 0.6) is 11.5 Å². The molecule has 0 radical (unpaired) electrons. The van der Waals surface area contributed by atoms with Gasteiger partial charge in [0.1, 0.15) is 17.1 Å². The van der Waals surface area contributed by atoms with Crippen LogP contribution >= 0.6 is 0 Å². The predicted octanol–water partition coefficient (Wildman–Crippen LogP) is 4.45. The lowest BCUT2D eigenvalue weighted by molar-refractivity contribution is -0.000152. The van der Waals surface area contributed by atoms with Crippen molar-refractivity contribution < 1.29 is 19.3 Å². The van der Waals surface area contributed by atoms with Gasteiger partial charge in [-0.3, -0.25) is 4.90 Å². The number of benzene rings is 3. The second-order valence-electron chi connectivity index (χ2n) is 8.30. The highest BCUT2D eigenvalue weighted by molar-refractivity contribution is 5.49. The minimum absolute atomic E-state index is 0.231. The first-order valence-corrected chi connectivity index (χ1v) is 11.6. The SMILES string of the molecule is CCOc1ccc([C@](O)(c2ccccc2OC)[C@H](CN2CCOCC2)c2ccccc2)cc1. The van der Waals surface area contributed by atoms with Crippen molar-refractivity contribution in [2.24, 2.45) is 0 Å². The number of rotatable bonds is 9. The summed E-state index contributed by atoms with van der Waals surface area (Å²) in [4.78, 5) is 2.37. The van der Waals surface area contributed by atoms with Gasteiger partial charge < -0.3 is 19.3 Å². The van der Waals surface area contributed by atoms with Crippen LogP contribution in [-0.4, -0.2) is 56.6 Å². The van der Waals surface area contributed by atoms with E-state index < -0.39 is 5.60 Å². The van der Waals surface area contributed by atoms with E-state index >= 15 is 0 Å². The number of aliphatic hydroxyl groups is 1. The van der Waals surface area contributed by atoms with Crippen molar-refractivity contribution in [2.75, 3.05) is 46.6 Å². The molecule has 0 saturated carbocycles. The van der Waals surface area contributed by atoms with Crippen molar-refractivity contribution in [3.8, 4) is 11.5 Å². The van der Waals surface area contributed by atoms with Crippen molar-refractivity contribution in [3.05, 3.63) is 95.6 Å². The lowest BCUT2D eigenvalue weighted by Crippen LogP contribution is -2.45. The maximum atomic E-state index is 12.8. The smallest absolute Gasteiger partial charge is 0.126 e. The summed E-state index contributed by atoms with van der Waals surface area (Å²) in [5, 5.41) is 12.8. The minimum Gasteiger partial charge on any atom is -0.496 e. The highest BCUT2D eigenvalue weighted by Crippen LogP contribution is 2.46. The molecule has 5 heteroatoms. The molecule has 3 aromatic rings. The van der Waals surface area contributed by atoms with Gasteiger partial charge in [0, 0.05) is 31.1 Å². The van der Waals surface area contributed by atoms with Gasteiger partial charge in [0.2, 0.25) is 0 Å². The average Bonchev–Trinajstić information content (AvgIpc) is 2.88. The van der Waals surface area contributed by atoms with Crippen LogP contribution in [0, 0.1) is 0 Å². The standard InChI is InChI=1S/C28H33NO4/c1-3-33-24-15-13-23(14-16-24)28(30,25-11-7-8-12-27(25)31-2)26(22-9-5-4-6-10-22)21-29-17-19-32-20-18-29/h4-16,26,30H,3,17-21H2,1-2H3/t26-,28+/m1/s1. The summed E-state index contributed by atoms with van der Waals surface area (Å²) in [6.45, 7) is 6.35. The topological polar surface area (TPSA) is 51.2 Å². The highest BCUT2D eigenvalue weighted by Gasteiger charge is 2.44. The number of morpholine rings is 1. The van der Waals surface area contributed by atoms with Gasteiger partial charge >= 0.3 is 0 Å². The van der Waals surface area contributed by atoms with E-state index in [2.05, 4.69) is 17.0 Å². The van der Waals surface area contributed by atoms with Gasteiger partial charge in [-0.2, -0.15) is 0 Å². The fourth-order valence-electron chi connectivity index (χ4n) is 4.68. The van der Waals surface area contributed by atoms with Crippen LogP contribution < -0.4 is 9.47 Å². The van der Waals surface area contributed by atoms with Gasteiger partial charge in [-0.15, -0.1) is 0 Å². The zero-order valence-corrected chi connectivity index (χ0v) is 19.4. The highest BCUT2D eigenvalue weighted by atomic mass is 16.5. The molecule has 1 saturated heterocycles. The Balaban J connectivity index is 1.87. The Morgan fingerprint density at radius 2 is 1.61 bits per heavy atom. The first-order chi connectivity index (χ1) is 16.2. The van der Waals surface area contributed by atoms with Crippen LogP contribution in [0.3, 0.4) is 0 Å². The number of nitrogens with zero attached hydrogens (tertiary/aromatic N) is 1. The van der Waals surface area contributed by atoms with E-state index in [9.17, 15) is 5.11 Å². The van der Waals surface area contributed by atoms with Crippen LogP contribution in [0.2, 0.25) is 0 Å². The summed E-state index contributed by atoms with van der Waals surface area (Å²) < 4.78 is 17.0. The van der Waals surface area contributed by atoms with Crippen LogP contribution in [0.15, 0.2) is 78.9 Å². The van der Waals surface area contributed by atoms with Crippen molar-refractivity contribution >= 4 is 0 Å². The lowest BCUT2D eigenvalue weighted by Gasteiger charge is -2.41. The fourth-order valence-corrected chi connectivity index (χ4v) is 4.68. The van der Waals surface area contributed by atoms with Gasteiger partial charge in [-0.05, 0) is 36.2 Å². The number of para-hydroxylation sites is 1. The molecule has 1 aliphatic rings. The Hall–Kier alpha value is -2.86. The number of hydrogen-bond acceptors (Lipinski definition) is 5. The van der Waals surface area contributed by atoms with Crippen molar-refractivity contribution in [2.45, 2.75) is 18.4 Å². The molecule has 0 unspecified atom stereocenters. The van der Waals surface area contributed by atoms with Crippen molar-refractivity contribution in [1.82, 2.24) is 4.90 Å². The first-order valence-electron chi connectivity index (χ1n) is 11.6. The second-order valence-corrected chi connectivity index (χ2v) is 8.30. The van der Waals surface area contributed by atoms with Crippen molar-refractivity contribution in [3.63, 3.8) is 0 Å². The molecule has 2 atom stereocenters. The Bertz CT molecular complexity index is 1000. The second kappa shape index (κ2) is 10.8. The molecule has 1 fully saturated rings. The molecule has 0 spiro atoms. The summed E-state index contributed by atoms with van der Waals surface area (Å²) in [6, 6.07) is 25.8. The van der Waals surface area contributed by atoms with Crippen LogP contribution in [0.25, 0.3) is 0 Å². The third-order valence-corrected chi connectivity index (χ3v) is 6.37. The molecule has 174 valence electrons. The van der Waals surface area contributed by atoms with E-state index in [0.717, 1.165) is 35.5 Å². The molecule has 1 aliphatic heterocycles. The molecule has 0 amide bonds. The van der Waals surface area contributed by atoms with E-state index in [1.165, 1.54) is 0 Å². The lowest BCUT2D eigenvalue weighted by atomic mass is 9.72. The third-order valence-electron chi connectivity index (χ3n) is 6.37. The summed E-state index contributed by atoms with van der Waals surface area (Å²) in [6.07, 6.45) is 0. The maximum absolute atomic E-state index is 12.8. The van der Waals surface area contributed by atoms with Crippen molar-refractivity contribution in [1.29, 1.82) is 0 Å². The Morgan fingerprint density at radius 1 is 0.939 bits per heavy atom. The molecule has 1 heterocycles. The van der Waals surface area contributed by atoms with E-state index in [-0.39, 0.29) is 5.92 Å². The predicted molar refractivity (Wildman–Crippen MR) is 130 cm³/mol. The zero-order chi connectivity index (χ0) is 23.1. The van der Waals surface area contributed by atoms with E-state index in [0.29, 0.717) is 32.1 Å². The summed E-state index contributed by atoms with van der Waals surface area (Å²) >= 11 is 0. The number of ether oxygens (including phenoxy) is 3. The molecule has 0 bridgehead atoms. The van der Waals surface area contributed by atoms with Gasteiger partial charge in [0.05, 0.1) is 26.9 Å². The van der Waals surface area contributed by atoms with Gasteiger partial charge in [-0.1, -0.05) is 60.7 Å². The van der Waals surface area contributed by atoms with Crippen LogP contribution in [0.4, 0.5) is 0 Å². The Kier molecular flexibility index (Phi) is 7.65. The molecule has 1 N–H and O–H groups in total. The van der Waals surface area contributed by atoms with Gasteiger partial charge in [0.25, 0.3) is 0 Å². The molecule has 4 rings (SSSR count). The van der Waals surface area contributed by atoms with Crippen LogP contribution in [-0.2, 0) is 10.3 Å². The summed E-state index contributed by atoms with van der Waals surface area (Å²) in [7, 11) is 1.65. The molecule has 33 heavy (non-hydrogen) atoms. The molecule has 0 aliphatic carbocycles. The fraction of sp³-hybridized carbons (Fsp3) is 0.357. The normalized spacial score (nSPS) is 17.2. The van der Waals surface area contributed by atoms with E-state index in [4.69, 9.17) is 14.2 Å². The number of methoxy groups -OCH3 is 1. The zero-order valence-electron chi connectivity index (χ0n) is 19.4. The Morgan fingerprint density at radius 3 is 2.27 bits per heavy atom. The monoisotopic (exact) mass is 447 g/mol. The largest absolute Gasteiger partial charge is 0.496 e. The van der Waals surface area contributed by atoms with E-state index in [1.54, 1.807) is 7.11 Å². The van der Waals surface area contributed by atoms with E-state index in [1.807, 2.05) is 73.7 Å². The van der Waals surface area contributed by atoms with Gasteiger partial charge in [0.15, 0.2) is 0 Å². The van der Waals surface area contributed by atoms with Crippen LogP contribution in [0.1, 0.15) is 29.5 Å². The molecular formula is C28H33NO4. The average molecular weight is 448 g/mol. The maximum Gasteiger partial charge on any atom is 0.126 e. The molecule has 5 nitrogen and oxygen atoms in total. The van der Waals surface area contributed by atoms with Gasteiger partial charge in [-0.25, -0.2) is 0 Å². The first kappa shape index (κ1) is 23.3. The summed E-state index contributed by atoms with van der Waals surface area (Å²) in [5.74, 6) is 1.22. The molecular weight excluding hydrogens is 414 g/mol. The quantitative estimate of drug-likeness (QED) is 0.525. The molecule has 0 aromatic heterocycles. The Labute approximate surface area is 196 Å².